The summed E-state index contributed by atoms with van der Waals surface area (Å²) in [5, 5.41) is 2.64. The zero-order chi connectivity index (χ0) is 13.3. The lowest BCUT2D eigenvalue weighted by Crippen LogP contribution is -1.87. The highest BCUT2D eigenvalue weighted by Crippen LogP contribution is 2.37. The van der Waals surface area contributed by atoms with Gasteiger partial charge in [0, 0.05) is 10.4 Å². The molecule has 0 atom stereocenters. The first-order chi connectivity index (χ1) is 8.52. The summed E-state index contributed by atoms with van der Waals surface area (Å²) in [6, 6.07) is 9.27. The first-order valence-electron chi connectivity index (χ1n) is 5.02. The van der Waals surface area contributed by atoms with Crippen LogP contribution in [-0.4, -0.2) is 0 Å². The third-order valence-corrected chi connectivity index (χ3v) is 4.54. The van der Waals surface area contributed by atoms with Crippen LogP contribution in [0.4, 0.5) is 0 Å². The molecule has 0 unspecified atom stereocenters. The Kier molecular flexibility index (Phi) is 4.85. The molecule has 2 aromatic rings. The lowest BCUT2D eigenvalue weighted by atomic mass is 10.0. The predicted molar refractivity (Wildman–Crippen MR) is 84.5 cm³/mol. The van der Waals surface area contributed by atoms with E-state index in [1.807, 2.05) is 18.2 Å². The van der Waals surface area contributed by atoms with Crippen LogP contribution in [0.5, 0.6) is 0 Å². The third-order valence-electron chi connectivity index (χ3n) is 2.51. The van der Waals surface area contributed by atoms with Gasteiger partial charge in [0.05, 0.1) is 15.1 Å². The molecule has 0 aliphatic carbocycles. The maximum Gasteiger partial charge on any atom is 0.0778 e. The Morgan fingerprint density at radius 1 is 0.889 bits per heavy atom. The van der Waals surface area contributed by atoms with Gasteiger partial charge in [-0.15, -0.1) is 0 Å². The molecule has 0 nitrogen and oxygen atoms in total. The van der Waals surface area contributed by atoms with Gasteiger partial charge in [-0.1, -0.05) is 68.4 Å². The van der Waals surface area contributed by atoms with Crippen molar-refractivity contribution in [1.29, 1.82) is 0 Å². The first-order valence-corrected chi connectivity index (χ1v) is 7.65. The average Bonchev–Trinajstić information content (AvgIpc) is 2.35. The zero-order valence-electron chi connectivity index (χ0n) is 8.98. The fourth-order valence-corrected chi connectivity index (χ4v) is 2.92. The van der Waals surface area contributed by atoms with E-state index in [4.69, 9.17) is 46.4 Å². The summed E-state index contributed by atoms with van der Waals surface area (Å²) < 4.78 is 0. The normalized spacial score (nSPS) is 10.7. The molecule has 0 aromatic heterocycles. The van der Waals surface area contributed by atoms with Crippen molar-refractivity contribution in [2.45, 2.75) is 5.33 Å². The molecule has 2 rings (SSSR count). The zero-order valence-corrected chi connectivity index (χ0v) is 13.6. The van der Waals surface area contributed by atoms with Crippen molar-refractivity contribution >= 4 is 62.3 Å². The van der Waals surface area contributed by atoms with Gasteiger partial charge in [-0.2, -0.15) is 0 Å². The minimum atomic E-state index is 0.372. The summed E-state index contributed by atoms with van der Waals surface area (Å²) in [6.07, 6.45) is 0. The summed E-state index contributed by atoms with van der Waals surface area (Å²) in [5.74, 6) is 0. The summed E-state index contributed by atoms with van der Waals surface area (Å²) >= 11 is 27.4. The Bertz CT molecular complexity index is 573. The lowest BCUT2D eigenvalue weighted by molar-refractivity contribution is 1.43. The van der Waals surface area contributed by atoms with Gasteiger partial charge >= 0.3 is 0 Å². The molecular formula is C13H7BrCl4. The second kappa shape index (κ2) is 6.02. The Morgan fingerprint density at radius 3 is 2.06 bits per heavy atom. The Labute approximate surface area is 134 Å². The SMILES string of the molecule is Clc1ccc(-c2cc(Cl)c(Cl)c(Cl)c2)c(CBr)c1. The fraction of sp³-hybridized carbons (Fsp3) is 0.0769. The number of hydrogen-bond donors (Lipinski definition) is 0. The monoisotopic (exact) mass is 382 g/mol. The van der Waals surface area contributed by atoms with Crippen molar-refractivity contribution in [2.75, 3.05) is 0 Å². The highest BCUT2D eigenvalue weighted by atomic mass is 79.9. The predicted octanol–water partition coefficient (Wildman–Crippen LogP) is 6.86. The Morgan fingerprint density at radius 2 is 1.50 bits per heavy atom. The highest BCUT2D eigenvalue weighted by molar-refractivity contribution is 9.08. The van der Waals surface area contributed by atoms with E-state index in [0.29, 0.717) is 25.4 Å². The molecule has 0 heterocycles. The van der Waals surface area contributed by atoms with Crippen molar-refractivity contribution in [1.82, 2.24) is 0 Å². The highest BCUT2D eigenvalue weighted by Gasteiger charge is 2.10. The van der Waals surface area contributed by atoms with E-state index in [1.165, 1.54) is 0 Å². The Hall–Kier alpha value is 0.0800. The van der Waals surface area contributed by atoms with Gasteiger partial charge in [0.1, 0.15) is 0 Å². The minimum Gasteiger partial charge on any atom is -0.0876 e. The van der Waals surface area contributed by atoms with E-state index in [2.05, 4.69) is 15.9 Å². The van der Waals surface area contributed by atoms with Crippen LogP contribution in [0.2, 0.25) is 20.1 Å². The molecule has 0 amide bonds. The first kappa shape index (κ1) is 14.5. The molecule has 5 heteroatoms. The number of benzene rings is 2. The van der Waals surface area contributed by atoms with Crippen molar-refractivity contribution in [3.63, 3.8) is 0 Å². The van der Waals surface area contributed by atoms with Crippen molar-refractivity contribution < 1.29 is 0 Å². The third kappa shape index (κ3) is 2.97. The molecule has 0 N–H and O–H groups in total. The summed E-state index contributed by atoms with van der Waals surface area (Å²) in [7, 11) is 0. The van der Waals surface area contributed by atoms with Gasteiger partial charge in [0.2, 0.25) is 0 Å². The van der Waals surface area contributed by atoms with Crippen molar-refractivity contribution in [3.05, 3.63) is 56.0 Å². The molecule has 0 radical (unpaired) electrons. The van der Waals surface area contributed by atoms with Crippen LogP contribution in [0, 0.1) is 0 Å². The molecule has 0 saturated heterocycles. The molecule has 0 aliphatic heterocycles. The van der Waals surface area contributed by atoms with Crippen molar-refractivity contribution in [3.8, 4) is 11.1 Å². The second-order valence-corrected chi connectivity index (χ2v) is 5.88. The van der Waals surface area contributed by atoms with Gasteiger partial charge in [-0.25, -0.2) is 0 Å². The molecule has 0 saturated carbocycles. The van der Waals surface area contributed by atoms with Crippen molar-refractivity contribution in [2.24, 2.45) is 0 Å². The Balaban J connectivity index is 2.62. The minimum absolute atomic E-state index is 0.372. The van der Waals surface area contributed by atoms with Gasteiger partial charge in [0.15, 0.2) is 0 Å². The van der Waals surface area contributed by atoms with Crippen LogP contribution in [0.3, 0.4) is 0 Å². The van der Waals surface area contributed by atoms with Crippen LogP contribution in [-0.2, 0) is 5.33 Å². The number of alkyl halides is 1. The maximum absolute atomic E-state index is 6.04. The largest absolute Gasteiger partial charge is 0.0876 e. The summed E-state index contributed by atoms with van der Waals surface area (Å²) in [4.78, 5) is 0. The molecular weight excluding hydrogens is 378 g/mol. The summed E-state index contributed by atoms with van der Waals surface area (Å²) in [5.41, 5.74) is 3.01. The second-order valence-electron chi connectivity index (χ2n) is 3.69. The van der Waals surface area contributed by atoms with Crippen LogP contribution in [0.1, 0.15) is 5.56 Å². The van der Waals surface area contributed by atoms with E-state index < -0.39 is 0 Å². The molecule has 18 heavy (non-hydrogen) atoms. The molecule has 0 spiro atoms. The van der Waals surface area contributed by atoms with Gasteiger partial charge in [0.25, 0.3) is 0 Å². The quantitative estimate of drug-likeness (QED) is 0.391. The molecule has 2 aromatic carbocycles. The number of halogens is 5. The van der Waals surface area contributed by atoms with Gasteiger partial charge < -0.3 is 0 Å². The van der Waals surface area contributed by atoms with Gasteiger partial charge in [-0.05, 0) is 41.0 Å². The van der Waals surface area contributed by atoms with E-state index in [9.17, 15) is 0 Å². The van der Waals surface area contributed by atoms with E-state index in [0.717, 1.165) is 16.7 Å². The maximum atomic E-state index is 6.04. The van der Waals surface area contributed by atoms with E-state index in [1.54, 1.807) is 12.1 Å². The average molecular weight is 385 g/mol. The van der Waals surface area contributed by atoms with Crippen LogP contribution in [0.25, 0.3) is 11.1 Å². The fourth-order valence-electron chi connectivity index (χ4n) is 1.67. The number of hydrogen-bond acceptors (Lipinski definition) is 0. The standard InChI is InChI=1S/C13H7BrCl4/c14-6-8-3-9(15)1-2-10(8)7-4-11(16)13(18)12(17)5-7/h1-5H,6H2. The number of rotatable bonds is 2. The smallest absolute Gasteiger partial charge is 0.0778 e. The lowest BCUT2D eigenvalue weighted by Gasteiger charge is -2.10. The van der Waals surface area contributed by atoms with E-state index in [-0.39, 0.29) is 0 Å². The van der Waals surface area contributed by atoms with Gasteiger partial charge in [-0.3, -0.25) is 0 Å². The molecule has 0 bridgehead atoms. The van der Waals surface area contributed by atoms with Crippen LogP contribution in [0.15, 0.2) is 30.3 Å². The van der Waals surface area contributed by atoms with E-state index >= 15 is 0 Å². The molecule has 0 aliphatic rings. The molecule has 0 fully saturated rings. The molecule has 94 valence electrons. The summed E-state index contributed by atoms with van der Waals surface area (Å²) in [6.45, 7) is 0. The van der Waals surface area contributed by atoms with Crippen LogP contribution >= 0.6 is 62.3 Å². The topological polar surface area (TPSA) is 0 Å². The van der Waals surface area contributed by atoms with Crippen LogP contribution < -0.4 is 0 Å².